The van der Waals surface area contributed by atoms with Gasteiger partial charge in [0.25, 0.3) is 0 Å². The van der Waals surface area contributed by atoms with E-state index < -0.39 is 9.84 Å². The molecule has 2 rings (SSSR count). The first kappa shape index (κ1) is 14.1. The first-order valence-corrected chi connectivity index (χ1v) is 9.06. The zero-order valence-electron chi connectivity index (χ0n) is 9.43. The Balaban J connectivity index is 2.44. The van der Waals surface area contributed by atoms with Crippen molar-refractivity contribution in [3.8, 4) is 0 Å². The maximum Gasteiger partial charge on any atom is 0.175 e. The molecule has 0 radical (unpaired) electrons. The van der Waals surface area contributed by atoms with Crippen LogP contribution in [0.5, 0.6) is 0 Å². The van der Waals surface area contributed by atoms with Crippen LogP contribution in [-0.4, -0.2) is 14.7 Å². The third-order valence-electron chi connectivity index (χ3n) is 2.45. The Bertz CT molecular complexity index is 664. The van der Waals surface area contributed by atoms with E-state index in [1.165, 1.54) is 17.6 Å². The zero-order chi connectivity index (χ0) is 13.3. The van der Waals surface area contributed by atoms with E-state index in [1.807, 2.05) is 17.5 Å². The third-order valence-corrected chi connectivity index (χ3v) is 6.10. The summed E-state index contributed by atoms with van der Waals surface area (Å²) in [6.07, 6.45) is 1.19. The molecule has 0 aliphatic carbocycles. The second kappa shape index (κ2) is 5.33. The minimum absolute atomic E-state index is 0.290. The maximum absolute atomic E-state index is 11.5. The quantitative estimate of drug-likeness (QED) is 0.762. The second-order valence-electron chi connectivity index (χ2n) is 3.84. The van der Waals surface area contributed by atoms with Crippen LogP contribution in [-0.2, 0) is 9.84 Å². The van der Waals surface area contributed by atoms with Crippen LogP contribution in [0.3, 0.4) is 0 Å². The first-order valence-electron chi connectivity index (χ1n) is 5.06. The standard InChI is InChI=1S/C12H10BrClO2S2/c1-18(15,16)9-4-2-3-8(7-9)11(14)12-10(13)5-6-17-12/h2-7,11H,1H3. The minimum atomic E-state index is -3.20. The summed E-state index contributed by atoms with van der Waals surface area (Å²) in [5.74, 6) is 0. The average molecular weight is 366 g/mol. The summed E-state index contributed by atoms with van der Waals surface area (Å²) >= 11 is 11.4. The second-order valence-corrected chi connectivity index (χ2v) is 8.09. The van der Waals surface area contributed by atoms with Gasteiger partial charge in [-0.15, -0.1) is 22.9 Å². The normalized spacial score (nSPS) is 13.5. The highest BCUT2D eigenvalue weighted by atomic mass is 79.9. The highest BCUT2D eigenvalue weighted by Gasteiger charge is 2.17. The number of rotatable bonds is 3. The number of sulfone groups is 1. The predicted molar refractivity (Wildman–Crippen MR) is 79.3 cm³/mol. The molecule has 2 aromatic rings. The van der Waals surface area contributed by atoms with Crippen molar-refractivity contribution in [2.75, 3.05) is 6.26 Å². The average Bonchev–Trinajstić information content (AvgIpc) is 2.73. The van der Waals surface area contributed by atoms with E-state index in [0.717, 1.165) is 14.9 Å². The van der Waals surface area contributed by atoms with E-state index in [1.54, 1.807) is 18.2 Å². The van der Waals surface area contributed by atoms with Crippen LogP contribution < -0.4 is 0 Å². The highest BCUT2D eigenvalue weighted by molar-refractivity contribution is 9.10. The molecule has 1 unspecified atom stereocenters. The number of benzene rings is 1. The van der Waals surface area contributed by atoms with Crippen molar-refractivity contribution in [3.63, 3.8) is 0 Å². The Hall–Kier alpha value is -0.360. The fourth-order valence-corrected chi connectivity index (χ4v) is 4.36. The van der Waals surface area contributed by atoms with Gasteiger partial charge < -0.3 is 0 Å². The summed E-state index contributed by atoms with van der Waals surface area (Å²) in [6, 6.07) is 8.67. The topological polar surface area (TPSA) is 34.1 Å². The van der Waals surface area contributed by atoms with Crippen LogP contribution >= 0.6 is 38.9 Å². The van der Waals surface area contributed by atoms with Crippen LogP contribution in [0.4, 0.5) is 0 Å². The van der Waals surface area contributed by atoms with Gasteiger partial charge in [0.2, 0.25) is 0 Å². The Morgan fingerprint density at radius 1 is 1.33 bits per heavy atom. The van der Waals surface area contributed by atoms with Gasteiger partial charge in [-0.25, -0.2) is 8.42 Å². The van der Waals surface area contributed by atoms with Gasteiger partial charge in [0.05, 0.1) is 10.3 Å². The number of halogens is 2. The van der Waals surface area contributed by atoms with Crippen LogP contribution in [0.15, 0.2) is 45.1 Å². The molecule has 1 aromatic heterocycles. The molecule has 96 valence electrons. The van der Waals surface area contributed by atoms with Crippen molar-refractivity contribution in [1.29, 1.82) is 0 Å². The zero-order valence-corrected chi connectivity index (χ0v) is 13.4. The molecule has 18 heavy (non-hydrogen) atoms. The first-order chi connectivity index (χ1) is 8.39. The molecule has 0 bridgehead atoms. The van der Waals surface area contributed by atoms with Crippen molar-refractivity contribution in [3.05, 3.63) is 50.6 Å². The van der Waals surface area contributed by atoms with Crippen molar-refractivity contribution in [2.24, 2.45) is 0 Å². The smallest absolute Gasteiger partial charge is 0.175 e. The summed E-state index contributed by atoms with van der Waals surface area (Å²) < 4.78 is 24.0. The van der Waals surface area contributed by atoms with Crippen molar-refractivity contribution < 1.29 is 8.42 Å². The van der Waals surface area contributed by atoms with Crippen LogP contribution in [0, 0.1) is 0 Å². The molecule has 0 N–H and O–H groups in total. The Morgan fingerprint density at radius 3 is 2.61 bits per heavy atom. The fraction of sp³-hybridized carbons (Fsp3) is 0.167. The van der Waals surface area contributed by atoms with Crippen LogP contribution in [0.25, 0.3) is 0 Å². The van der Waals surface area contributed by atoms with Gasteiger partial charge >= 0.3 is 0 Å². The summed E-state index contributed by atoms with van der Waals surface area (Å²) in [4.78, 5) is 1.26. The van der Waals surface area contributed by atoms with E-state index in [4.69, 9.17) is 11.6 Å². The summed E-state index contributed by atoms with van der Waals surface area (Å²) in [7, 11) is -3.20. The Labute approximate surface area is 124 Å². The molecule has 2 nitrogen and oxygen atoms in total. The molecule has 0 spiro atoms. The molecule has 0 amide bonds. The molecule has 1 atom stereocenters. The number of alkyl halides is 1. The highest BCUT2D eigenvalue weighted by Crippen LogP contribution is 2.37. The molecule has 0 aliphatic rings. The molecule has 0 aliphatic heterocycles. The van der Waals surface area contributed by atoms with E-state index >= 15 is 0 Å². The monoisotopic (exact) mass is 364 g/mol. The largest absolute Gasteiger partial charge is 0.224 e. The summed E-state index contributed by atoms with van der Waals surface area (Å²) in [6.45, 7) is 0. The molecular weight excluding hydrogens is 356 g/mol. The lowest BCUT2D eigenvalue weighted by atomic mass is 10.1. The summed E-state index contributed by atoms with van der Waals surface area (Å²) in [5.41, 5.74) is 0.780. The van der Waals surface area contributed by atoms with Crippen molar-refractivity contribution in [1.82, 2.24) is 0 Å². The van der Waals surface area contributed by atoms with Gasteiger partial charge in [-0.3, -0.25) is 0 Å². The van der Waals surface area contributed by atoms with E-state index in [0.29, 0.717) is 4.90 Å². The van der Waals surface area contributed by atoms with E-state index in [2.05, 4.69) is 15.9 Å². The predicted octanol–water partition coefficient (Wildman–Crippen LogP) is 4.24. The van der Waals surface area contributed by atoms with Gasteiger partial charge in [-0.1, -0.05) is 12.1 Å². The van der Waals surface area contributed by atoms with Gasteiger partial charge in [0.1, 0.15) is 0 Å². The number of hydrogen-bond donors (Lipinski definition) is 0. The maximum atomic E-state index is 11.5. The van der Waals surface area contributed by atoms with Crippen molar-refractivity contribution >= 4 is 48.7 Å². The molecule has 0 saturated carbocycles. The molecule has 0 saturated heterocycles. The molecule has 1 aromatic carbocycles. The van der Waals surface area contributed by atoms with Gasteiger partial charge in [0, 0.05) is 15.6 Å². The Kier molecular flexibility index (Phi) is 4.16. The third kappa shape index (κ3) is 2.96. The molecule has 0 fully saturated rings. The van der Waals surface area contributed by atoms with Gasteiger partial charge in [0.15, 0.2) is 9.84 Å². The van der Waals surface area contributed by atoms with Gasteiger partial charge in [-0.2, -0.15) is 0 Å². The summed E-state index contributed by atoms with van der Waals surface area (Å²) in [5, 5.41) is 1.59. The Morgan fingerprint density at radius 2 is 2.06 bits per heavy atom. The lowest BCUT2D eigenvalue weighted by Gasteiger charge is -2.10. The number of hydrogen-bond acceptors (Lipinski definition) is 3. The van der Waals surface area contributed by atoms with Crippen molar-refractivity contribution in [2.45, 2.75) is 10.3 Å². The van der Waals surface area contributed by atoms with E-state index in [-0.39, 0.29) is 5.38 Å². The lowest BCUT2D eigenvalue weighted by Crippen LogP contribution is -1.99. The molecule has 1 heterocycles. The SMILES string of the molecule is CS(=O)(=O)c1cccc(C(Cl)c2sccc2Br)c1. The number of thiophene rings is 1. The molecular formula is C12H10BrClO2S2. The fourth-order valence-electron chi connectivity index (χ4n) is 1.54. The van der Waals surface area contributed by atoms with Crippen LogP contribution in [0.2, 0.25) is 0 Å². The van der Waals surface area contributed by atoms with Gasteiger partial charge in [-0.05, 0) is 45.1 Å². The van der Waals surface area contributed by atoms with Crippen LogP contribution in [0.1, 0.15) is 15.8 Å². The minimum Gasteiger partial charge on any atom is -0.224 e. The van der Waals surface area contributed by atoms with E-state index in [9.17, 15) is 8.42 Å². The molecule has 6 heteroatoms. The lowest BCUT2D eigenvalue weighted by molar-refractivity contribution is 0.602.